The van der Waals surface area contributed by atoms with Crippen LogP contribution in [0, 0.1) is 18.6 Å². The Kier molecular flexibility index (Phi) is 3.85. The fraction of sp³-hybridized carbons (Fsp3) is 0.167. The molecular formula is C12H8BrClF2S. The van der Waals surface area contributed by atoms with Crippen molar-refractivity contribution in [3.8, 4) is 0 Å². The number of halogens is 4. The maximum absolute atomic E-state index is 13.6. The SMILES string of the molecule is Cc1cc(C(Cl)c2c(F)cccc2F)sc1Br. The molecule has 0 saturated carbocycles. The summed E-state index contributed by atoms with van der Waals surface area (Å²) in [7, 11) is 0. The van der Waals surface area contributed by atoms with Gasteiger partial charge in [0.2, 0.25) is 0 Å². The van der Waals surface area contributed by atoms with Crippen LogP contribution in [0.15, 0.2) is 28.1 Å². The van der Waals surface area contributed by atoms with E-state index in [0.29, 0.717) is 0 Å². The molecule has 5 heteroatoms. The summed E-state index contributed by atoms with van der Waals surface area (Å²) in [4.78, 5) is 0.722. The molecule has 0 spiro atoms. The average Bonchev–Trinajstić information content (AvgIpc) is 2.59. The molecule has 0 nitrogen and oxygen atoms in total. The molecule has 0 aliphatic rings. The zero-order chi connectivity index (χ0) is 12.6. The van der Waals surface area contributed by atoms with Crippen LogP contribution in [0.25, 0.3) is 0 Å². The molecule has 0 bridgehead atoms. The van der Waals surface area contributed by atoms with E-state index < -0.39 is 17.0 Å². The van der Waals surface area contributed by atoms with Gasteiger partial charge < -0.3 is 0 Å². The topological polar surface area (TPSA) is 0 Å². The molecule has 0 N–H and O–H groups in total. The van der Waals surface area contributed by atoms with Crippen molar-refractivity contribution in [2.45, 2.75) is 12.3 Å². The van der Waals surface area contributed by atoms with Gasteiger partial charge in [0, 0.05) is 10.4 Å². The third-order valence-electron chi connectivity index (χ3n) is 2.38. The number of alkyl halides is 1. The summed E-state index contributed by atoms with van der Waals surface area (Å²) < 4.78 is 28.1. The van der Waals surface area contributed by atoms with Gasteiger partial charge in [-0.25, -0.2) is 8.78 Å². The monoisotopic (exact) mass is 336 g/mol. The fourth-order valence-corrected chi connectivity index (χ4v) is 3.47. The van der Waals surface area contributed by atoms with Gasteiger partial charge in [0.25, 0.3) is 0 Å². The van der Waals surface area contributed by atoms with E-state index in [1.165, 1.54) is 29.5 Å². The molecule has 1 heterocycles. The molecule has 0 aliphatic carbocycles. The first-order valence-electron chi connectivity index (χ1n) is 4.84. The summed E-state index contributed by atoms with van der Waals surface area (Å²) in [6.45, 7) is 1.91. The molecule has 17 heavy (non-hydrogen) atoms. The molecule has 0 saturated heterocycles. The Morgan fingerprint density at radius 2 is 1.88 bits per heavy atom. The zero-order valence-electron chi connectivity index (χ0n) is 8.81. The Bertz CT molecular complexity index is 514. The summed E-state index contributed by atoms with van der Waals surface area (Å²) in [5.74, 6) is -1.24. The van der Waals surface area contributed by atoms with Crippen LogP contribution in [-0.2, 0) is 0 Å². The van der Waals surface area contributed by atoms with E-state index in [9.17, 15) is 8.78 Å². The lowest BCUT2D eigenvalue weighted by atomic mass is 10.1. The predicted molar refractivity (Wildman–Crippen MR) is 70.8 cm³/mol. The van der Waals surface area contributed by atoms with Crippen LogP contribution in [0.4, 0.5) is 8.78 Å². The minimum Gasteiger partial charge on any atom is -0.207 e. The number of thiophene rings is 1. The van der Waals surface area contributed by atoms with Crippen LogP contribution in [0.2, 0.25) is 0 Å². The van der Waals surface area contributed by atoms with Crippen LogP contribution in [-0.4, -0.2) is 0 Å². The van der Waals surface area contributed by atoms with Crippen LogP contribution in [0.3, 0.4) is 0 Å². The van der Waals surface area contributed by atoms with Crippen molar-refractivity contribution in [2.24, 2.45) is 0 Å². The second-order valence-corrected chi connectivity index (χ2v) is 6.44. The lowest BCUT2D eigenvalue weighted by Gasteiger charge is -2.09. The Morgan fingerprint density at radius 3 is 2.35 bits per heavy atom. The lowest BCUT2D eigenvalue weighted by Crippen LogP contribution is -1.99. The molecule has 0 radical (unpaired) electrons. The minimum atomic E-state index is -0.800. The molecule has 1 atom stereocenters. The quantitative estimate of drug-likeness (QED) is 0.641. The van der Waals surface area contributed by atoms with Gasteiger partial charge in [0.15, 0.2) is 0 Å². The van der Waals surface area contributed by atoms with Gasteiger partial charge in [-0.1, -0.05) is 6.07 Å². The van der Waals surface area contributed by atoms with Crippen molar-refractivity contribution in [1.82, 2.24) is 0 Å². The van der Waals surface area contributed by atoms with Gasteiger partial charge in [-0.15, -0.1) is 22.9 Å². The second-order valence-electron chi connectivity index (χ2n) is 3.60. The van der Waals surface area contributed by atoms with Crippen molar-refractivity contribution in [2.75, 3.05) is 0 Å². The van der Waals surface area contributed by atoms with E-state index >= 15 is 0 Å². The summed E-state index contributed by atoms with van der Waals surface area (Å²) in [5.41, 5.74) is 0.912. The Hall–Kier alpha value is -0.450. The smallest absolute Gasteiger partial charge is 0.131 e. The Morgan fingerprint density at radius 1 is 1.29 bits per heavy atom. The van der Waals surface area contributed by atoms with Gasteiger partial charge >= 0.3 is 0 Å². The van der Waals surface area contributed by atoms with Crippen molar-refractivity contribution in [3.05, 3.63) is 55.7 Å². The highest BCUT2D eigenvalue weighted by Crippen LogP contribution is 2.39. The number of aryl methyl sites for hydroxylation is 1. The third kappa shape index (κ3) is 2.54. The van der Waals surface area contributed by atoms with Crippen molar-refractivity contribution in [3.63, 3.8) is 0 Å². The van der Waals surface area contributed by atoms with E-state index in [0.717, 1.165) is 14.2 Å². The summed E-state index contributed by atoms with van der Waals surface area (Å²) in [6.07, 6.45) is 0. The first-order valence-corrected chi connectivity index (χ1v) is 6.89. The van der Waals surface area contributed by atoms with E-state index in [2.05, 4.69) is 15.9 Å². The molecule has 0 amide bonds. The minimum absolute atomic E-state index is 0.0945. The molecule has 1 unspecified atom stereocenters. The third-order valence-corrected chi connectivity index (χ3v) is 5.16. The molecular weight excluding hydrogens is 330 g/mol. The maximum Gasteiger partial charge on any atom is 0.131 e. The van der Waals surface area contributed by atoms with E-state index in [1.54, 1.807) is 0 Å². The van der Waals surface area contributed by atoms with Crippen LogP contribution in [0.1, 0.15) is 21.4 Å². The number of benzene rings is 1. The van der Waals surface area contributed by atoms with Gasteiger partial charge in [-0.2, -0.15) is 0 Å². The normalized spacial score (nSPS) is 12.8. The molecule has 0 fully saturated rings. The van der Waals surface area contributed by atoms with E-state index in [-0.39, 0.29) is 5.56 Å². The van der Waals surface area contributed by atoms with Crippen LogP contribution in [0.5, 0.6) is 0 Å². The average molecular weight is 338 g/mol. The molecule has 0 aliphatic heterocycles. The van der Waals surface area contributed by atoms with Crippen molar-refractivity contribution in [1.29, 1.82) is 0 Å². The fourth-order valence-electron chi connectivity index (χ4n) is 1.50. The van der Waals surface area contributed by atoms with Crippen LogP contribution >= 0.6 is 38.9 Å². The highest BCUT2D eigenvalue weighted by Gasteiger charge is 2.21. The predicted octanol–water partition coefficient (Wildman–Crippen LogP) is 5.43. The lowest BCUT2D eigenvalue weighted by molar-refractivity contribution is 0.560. The highest BCUT2D eigenvalue weighted by molar-refractivity contribution is 9.11. The molecule has 2 aromatic rings. The summed E-state index contributed by atoms with van der Waals surface area (Å²) in [5, 5.41) is -0.800. The Labute approximate surface area is 115 Å². The number of rotatable bonds is 2. The van der Waals surface area contributed by atoms with Crippen molar-refractivity contribution < 1.29 is 8.78 Å². The molecule has 2 rings (SSSR count). The van der Waals surface area contributed by atoms with Gasteiger partial charge in [-0.05, 0) is 46.6 Å². The molecule has 1 aromatic heterocycles. The first-order chi connectivity index (χ1) is 8.00. The first kappa shape index (κ1) is 13.0. The van der Waals surface area contributed by atoms with E-state index in [1.807, 2.05) is 13.0 Å². The second kappa shape index (κ2) is 5.04. The summed E-state index contributed by atoms with van der Waals surface area (Å²) >= 11 is 10.9. The van der Waals surface area contributed by atoms with Gasteiger partial charge in [0.05, 0.1) is 9.16 Å². The van der Waals surface area contributed by atoms with Gasteiger partial charge in [-0.3, -0.25) is 0 Å². The molecule has 90 valence electrons. The van der Waals surface area contributed by atoms with Gasteiger partial charge in [0.1, 0.15) is 11.6 Å². The Balaban J connectivity index is 2.47. The van der Waals surface area contributed by atoms with E-state index in [4.69, 9.17) is 11.6 Å². The number of hydrogen-bond acceptors (Lipinski definition) is 1. The number of hydrogen-bond donors (Lipinski definition) is 0. The largest absolute Gasteiger partial charge is 0.207 e. The van der Waals surface area contributed by atoms with Crippen molar-refractivity contribution >= 4 is 38.9 Å². The molecule has 1 aromatic carbocycles. The van der Waals surface area contributed by atoms with Crippen LogP contribution < -0.4 is 0 Å². The zero-order valence-corrected chi connectivity index (χ0v) is 12.0. The highest BCUT2D eigenvalue weighted by atomic mass is 79.9. The summed E-state index contributed by atoms with van der Waals surface area (Å²) in [6, 6.07) is 5.58. The standard InChI is InChI=1S/C12H8BrClF2S/c1-6-5-9(17-12(6)13)11(14)10-7(15)3-2-4-8(10)16/h2-5,11H,1H3. The maximum atomic E-state index is 13.6.